The van der Waals surface area contributed by atoms with Crippen LogP contribution in [0.4, 0.5) is 0 Å². The molecule has 1 atom stereocenters. The van der Waals surface area contributed by atoms with E-state index in [9.17, 15) is 4.79 Å². The summed E-state index contributed by atoms with van der Waals surface area (Å²) in [5.41, 5.74) is -0.120. The minimum Gasteiger partial charge on any atom is -0.383 e. The van der Waals surface area contributed by atoms with Gasteiger partial charge in [0.25, 0.3) is 5.91 Å². The average Bonchev–Trinajstić information content (AvgIpc) is 2.97. The third-order valence-electron chi connectivity index (χ3n) is 3.14. The van der Waals surface area contributed by atoms with Crippen molar-refractivity contribution in [3.8, 4) is 0 Å². The lowest BCUT2D eigenvalue weighted by Crippen LogP contribution is -2.52. The quantitative estimate of drug-likeness (QED) is 0.870. The van der Waals surface area contributed by atoms with E-state index >= 15 is 0 Å². The Hall–Kier alpha value is -0.620. The van der Waals surface area contributed by atoms with Crippen molar-refractivity contribution < 1.29 is 9.53 Å². The van der Waals surface area contributed by atoms with Crippen LogP contribution in [-0.4, -0.2) is 38.3 Å². The van der Waals surface area contributed by atoms with E-state index in [-0.39, 0.29) is 11.4 Å². The first-order valence-corrected chi connectivity index (χ1v) is 7.12. The van der Waals surface area contributed by atoms with Crippen LogP contribution in [0.1, 0.15) is 22.5 Å². The van der Waals surface area contributed by atoms with Crippen molar-refractivity contribution in [1.82, 2.24) is 10.6 Å². The molecule has 2 heterocycles. The van der Waals surface area contributed by atoms with Crippen molar-refractivity contribution >= 4 is 28.8 Å². The third-order valence-corrected chi connectivity index (χ3v) is 4.37. The van der Waals surface area contributed by atoms with Gasteiger partial charge in [-0.15, -0.1) is 11.3 Å². The van der Waals surface area contributed by atoms with Gasteiger partial charge in [0, 0.05) is 13.7 Å². The number of hydrogen-bond donors (Lipinski definition) is 2. The lowest BCUT2D eigenvalue weighted by atomic mass is 9.98. The molecule has 0 aromatic carbocycles. The number of hydrogen-bond acceptors (Lipinski definition) is 4. The number of thiophene rings is 1. The Balaban J connectivity index is 1.91. The van der Waals surface area contributed by atoms with Gasteiger partial charge in [0.2, 0.25) is 0 Å². The summed E-state index contributed by atoms with van der Waals surface area (Å²) >= 11 is 7.11. The average molecular weight is 289 g/mol. The topological polar surface area (TPSA) is 50.4 Å². The fraction of sp³-hybridized carbons (Fsp3) is 0.583. The van der Waals surface area contributed by atoms with Crippen LogP contribution in [0.25, 0.3) is 0 Å². The third kappa shape index (κ3) is 3.23. The summed E-state index contributed by atoms with van der Waals surface area (Å²) in [6.07, 6.45) is 2.14. The molecule has 1 unspecified atom stereocenters. The van der Waals surface area contributed by atoms with Gasteiger partial charge in [0.15, 0.2) is 0 Å². The first kappa shape index (κ1) is 13.8. The van der Waals surface area contributed by atoms with Crippen LogP contribution in [0, 0.1) is 0 Å². The van der Waals surface area contributed by atoms with Crippen LogP contribution in [0.5, 0.6) is 0 Å². The summed E-state index contributed by atoms with van der Waals surface area (Å²) in [4.78, 5) is 12.6. The maximum absolute atomic E-state index is 11.9. The molecule has 100 valence electrons. The number of methoxy groups -OCH3 is 1. The van der Waals surface area contributed by atoms with Crippen LogP contribution in [0.2, 0.25) is 4.34 Å². The van der Waals surface area contributed by atoms with E-state index in [1.807, 2.05) is 0 Å². The molecule has 0 aliphatic carbocycles. The SMILES string of the molecule is COCC1(CNC(=O)c2ccc(Cl)s2)CCCN1. The summed E-state index contributed by atoms with van der Waals surface area (Å²) in [6, 6.07) is 3.48. The molecule has 1 aromatic rings. The summed E-state index contributed by atoms with van der Waals surface area (Å²) < 4.78 is 5.87. The summed E-state index contributed by atoms with van der Waals surface area (Å²) in [7, 11) is 1.68. The monoisotopic (exact) mass is 288 g/mol. The second-order valence-corrected chi connectivity index (χ2v) is 6.25. The highest BCUT2D eigenvalue weighted by Crippen LogP contribution is 2.22. The van der Waals surface area contributed by atoms with Gasteiger partial charge in [-0.05, 0) is 31.5 Å². The fourth-order valence-corrected chi connectivity index (χ4v) is 3.20. The van der Waals surface area contributed by atoms with Gasteiger partial charge in [-0.2, -0.15) is 0 Å². The van der Waals surface area contributed by atoms with Crippen molar-refractivity contribution in [3.63, 3.8) is 0 Å². The number of carbonyl (C=O) groups excluding carboxylic acids is 1. The van der Waals surface area contributed by atoms with Crippen LogP contribution in [-0.2, 0) is 4.74 Å². The van der Waals surface area contributed by atoms with Crippen molar-refractivity contribution in [1.29, 1.82) is 0 Å². The molecule has 2 rings (SSSR count). The highest BCUT2D eigenvalue weighted by atomic mass is 35.5. The smallest absolute Gasteiger partial charge is 0.261 e. The molecule has 6 heteroatoms. The molecule has 0 bridgehead atoms. The highest BCUT2D eigenvalue weighted by molar-refractivity contribution is 7.17. The van der Waals surface area contributed by atoms with Crippen LogP contribution < -0.4 is 10.6 Å². The van der Waals surface area contributed by atoms with E-state index in [0.29, 0.717) is 22.4 Å². The summed E-state index contributed by atoms with van der Waals surface area (Å²) in [5.74, 6) is -0.0731. The van der Waals surface area contributed by atoms with Gasteiger partial charge < -0.3 is 15.4 Å². The second kappa shape index (κ2) is 6.02. The molecule has 0 radical (unpaired) electrons. The Morgan fingerprint density at radius 2 is 2.50 bits per heavy atom. The zero-order chi connectivity index (χ0) is 13.0. The van der Waals surface area contributed by atoms with Gasteiger partial charge in [0.1, 0.15) is 0 Å². The van der Waals surface area contributed by atoms with Gasteiger partial charge in [-0.1, -0.05) is 11.6 Å². The lowest BCUT2D eigenvalue weighted by molar-refractivity contribution is 0.0896. The fourth-order valence-electron chi connectivity index (χ4n) is 2.24. The number of nitrogens with one attached hydrogen (secondary N) is 2. The van der Waals surface area contributed by atoms with E-state index in [1.54, 1.807) is 19.2 Å². The molecule has 2 N–H and O–H groups in total. The van der Waals surface area contributed by atoms with Crippen molar-refractivity contribution in [2.75, 3.05) is 26.8 Å². The number of amides is 1. The molecule has 1 aliphatic heterocycles. The molecule has 0 saturated carbocycles. The highest BCUT2D eigenvalue weighted by Gasteiger charge is 2.33. The van der Waals surface area contributed by atoms with Gasteiger partial charge >= 0.3 is 0 Å². The summed E-state index contributed by atoms with van der Waals surface area (Å²) in [5, 5.41) is 6.37. The Kier molecular flexibility index (Phi) is 4.61. The normalized spacial score (nSPS) is 23.2. The molecular weight excluding hydrogens is 272 g/mol. The van der Waals surface area contributed by atoms with Crippen LogP contribution in [0.3, 0.4) is 0 Å². The maximum Gasteiger partial charge on any atom is 0.261 e. The molecule has 1 aliphatic rings. The molecule has 4 nitrogen and oxygen atoms in total. The van der Waals surface area contributed by atoms with E-state index in [2.05, 4.69) is 10.6 Å². The largest absolute Gasteiger partial charge is 0.383 e. The first-order valence-electron chi connectivity index (χ1n) is 5.93. The van der Waals surface area contributed by atoms with Gasteiger partial charge in [0.05, 0.1) is 21.4 Å². The number of carbonyl (C=O) groups is 1. The lowest BCUT2D eigenvalue weighted by Gasteiger charge is -2.28. The Bertz CT molecular complexity index is 416. The van der Waals surface area contributed by atoms with E-state index < -0.39 is 0 Å². The zero-order valence-corrected chi connectivity index (χ0v) is 11.9. The van der Waals surface area contributed by atoms with Gasteiger partial charge in [-0.25, -0.2) is 0 Å². The Morgan fingerprint density at radius 1 is 1.67 bits per heavy atom. The second-order valence-electron chi connectivity index (χ2n) is 4.53. The number of rotatable bonds is 5. The first-order chi connectivity index (χ1) is 8.65. The van der Waals surface area contributed by atoms with Crippen molar-refractivity contribution in [2.24, 2.45) is 0 Å². The zero-order valence-electron chi connectivity index (χ0n) is 10.3. The van der Waals surface area contributed by atoms with E-state index in [0.717, 1.165) is 19.4 Å². The van der Waals surface area contributed by atoms with Gasteiger partial charge in [-0.3, -0.25) is 4.79 Å². The molecule has 1 aromatic heterocycles. The van der Waals surface area contributed by atoms with E-state index in [1.165, 1.54) is 11.3 Å². The number of ether oxygens (including phenoxy) is 1. The minimum atomic E-state index is -0.120. The van der Waals surface area contributed by atoms with Crippen LogP contribution in [0.15, 0.2) is 12.1 Å². The maximum atomic E-state index is 11.9. The molecular formula is C12H17ClN2O2S. The summed E-state index contributed by atoms with van der Waals surface area (Å²) in [6.45, 7) is 2.16. The predicted octanol–water partition coefficient (Wildman–Crippen LogP) is 1.90. The van der Waals surface area contributed by atoms with Crippen molar-refractivity contribution in [2.45, 2.75) is 18.4 Å². The Labute approximate surface area is 116 Å². The number of halogens is 1. The molecule has 1 saturated heterocycles. The minimum absolute atomic E-state index is 0.0731. The molecule has 18 heavy (non-hydrogen) atoms. The molecule has 1 fully saturated rings. The van der Waals surface area contributed by atoms with E-state index in [4.69, 9.17) is 16.3 Å². The van der Waals surface area contributed by atoms with Crippen molar-refractivity contribution in [3.05, 3.63) is 21.3 Å². The van der Waals surface area contributed by atoms with Crippen LogP contribution >= 0.6 is 22.9 Å². The Morgan fingerprint density at radius 3 is 3.06 bits per heavy atom. The molecule has 1 amide bonds. The standard InChI is InChI=1S/C12H17ClN2O2S/c1-17-8-12(5-2-6-15-12)7-14-11(16)9-3-4-10(13)18-9/h3-4,15H,2,5-8H2,1H3,(H,14,16). The predicted molar refractivity (Wildman–Crippen MR) is 73.5 cm³/mol. The molecule has 0 spiro atoms.